The van der Waals surface area contributed by atoms with Crippen molar-refractivity contribution >= 4 is 34.4 Å². The summed E-state index contributed by atoms with van der Waals surface area (Å²) in [4.78, 5) is 58.8. The highest BCUT2D eigenvalue weighted by atomic mass is 19.4. The van der Waals surface area contributed by atoms with E-state index in [0.717, 1.165) is 6.07 Å². The number of nitrogens with zero attached hydrogens (tertiary/aromatic N) is 1. The summed E-state index contributed by atoms with van der Waals surface area (Å²) in [5.41, 5.74) is 4.35. The van der Waals surface area contributed by atoms with Crippen molar-refractivity contribution in [1.82, 2.24) is 15.2 Å². The molecule has 48 heavy (non-hydrogen) atoms. The minimum Gasteiger partial charge on any atom is -0.369 e. The zero-order valence-electron chi connectivity index (χ0n) is 28.0. The lowest BCUT2D eigenvalue weighted by atomic mass is 9.73. The quantitative estimate of drug-likeness (QED) is 0.196. The van der Waals surface area contributed by atoms with Crippen LogP contribution in [0.15, 0.2) is 42.5 Å². The molecule has 0 radical (unpaired) electrons. The Kier molecular flexibility index (Phi) is 11.1. The Morgan fingerprint density at radius 1 is 1.02 bits per heavy atom. The van der Waals surface area contributed by atoms with Gasteiger partial charge in [0.25, 0.3) is 0 Å². The van der Waals surface area contributed by atoms with Crippen molar-refractivity contribution in [3.63, 3.8) is 0 Å². The predicted octanol–water partition coefficient (Wildman–Crippen LogP) is 5.89. The lowest BCUT2D eigenvalue weighted by Gasteiger charge is -2.41. The number of H-pyrrole nitrogens is 1. The molecule has 0 fully saturated rings. The van der Waals surface area contributed by atoms with Gasteiger partial charge < -0.3 is 20.9 Å². The number of aryl methyl sites for hydroxylation is 1. The van der Waals surface area contributed by atoms with E-state index < -0.39 is 58.6 Å². The highest BCUT2D eigenvalue weighted by molar-refractivity contribution is 5.99. The topological polar surface area (TPSA) is 125 Å². The SMILES string of the molecule is CCC(C)[C@H](CC(=O)[C@@]1(NC(=O)[C@H](C(C)CC)N(C)C(=O)Cc2ccccc2F)CCc2[nH]c3c(C(F)(F)F)cccc3c2C1)C(N)=O. The van der Waals surface area contributed by atoms with Crippen LogP contribution in [0.5, 0.6) is 0 Å². The molecule has 1 heterocycles. The zero-order chi connectivity index (χ0) is 35.6. The van der Waals surface area contributed by atoms with Crippen LogP contribution in [0.4, 0.5) is 17.6 Å². The third kappa shape index (κ3) is 7.42. The maximum absolute atomic E-state index is 14.4. The number of hydrogen-bond donors (Lipinski definition) is 3. The molecule has 0 aliphatic heterocycles. The molecule has 2 unspecified atom stereocenters. The summed E-state index contributed by atoms with van der Waals surface area (Å²) in [6, 6.07) is 8.64. The molecule has 0 saturated carbocycles. The number of primary amides is 1. The van der Waals surface area contributed by atoms with E-state index in [4.69, 9.17) is 5.73 Å². The number of Topliss-reactive ketones (excluding diaryl/α,β-unsaturated/α-hetero) is 1. The van der Waals surface area contributed by atoms with Crippen LogP contribution < -0.4 is 11.1 Å². The number of likely N-dealkylation sites (N-methyl/N-ethyl adjacent to an activating group) is 1. The Balaban J connectivity index is 1.76. The van der Waals surface area contributed by atoms with E-state index >= 15 is 0 Å². The van der Waals surface area contributed by atoms with Gasteiger partial charge in [-0.3, -0.25) is 19.2 Å². The zero-order valence-corrected chi connectivity index (χ0v) is 28.0. The van der Waals surface area contributed by atoms with Crippen molar-refractivity contribution < 1.29 is 36.7 Å². The van der Waals surface area contributed by atoms with Crippen LogP contribution in [0, 0.1) is 23.6 Å². The smallest absolute Gasteiger partial charge is 0.369 e. The average molecular weight is 673 g/mol. The second-order valence-corrected chi connectivity index (χ2v) is 13.2. The minimum absolute atomic E-state index is 0.0465. The molecular formula is C36H44F4N4O4. The number of halogens is 4. The van der Waals surface area contributed by atoms with Gasteiger partial charge >= 0.3 is 6.18 Å². The number of nitrogens with one attached hydrogen (secondary N) is 2. The van der Waals surface area contributed by atoms with Crippen LogP contribution in [0.3, 0.4) is 0 Å². The minimum atomic E-state index is -4.62. The van der Waals surface area contributed by atoms with Gasteiger partial charge in [0.2, 0.25) is 17.7 Å². The van der Waals surface area contributed by atoms with E-state index in [0.29, 0.717) is 24.1 Å². The van der Waals surface area contributed by atoms with Gasteiger partial charge in [-0.1, -0.05) is 70.9 Å². The first-order chi connectivity index (χ1) is 22.5. The van der Waals surface area contributed by atoms with Crippen LogP contribution in [-0.2, 0) is 44.6 Å². The van der Waals surface area contributed by atoms with Gasteiger partial charge in [-0.25, -0.2) is 4.39 Å². The number of nitrogens with two attached hydrogens (primary N) is 1. The Hall–Kier alpha value is -4.22. The predicted molar refractivity (Wildman–Crippen MR) is 174 cm³/mol. The van der Waals surface area contributed by atoms with Gasteiger partial charge in [-0.2, -0.15) is 13.2 Å². The third-order valence-corrected chi connectivity index (χ3v) is 10.2. The number of benzene rings is 2. The molecule has 4 N–H and O–H groups in total. The molecule has 12 heteroatoms. The molecule has 0 saturated heterocycles. The molecule has 1 aromatic heterocycles. The number of aromatic amines is 1. The second-order valence-electron chi connectivity index (χ2n) is 13.2. The highest BCUT2D eigenvalue weighted by Crippen LogP contribution is 2.41. The fourth-order valence-electron chi connectivity index (χ4n) is 6.82. The van der Waals surface area contributed by atoms with Crippen LogP contribution in [-0.4, -0.2) is 52.0 Å². The van der Waals surface area contributed by atoms with E-state index in [1.165, 1.54) is 36.2 Å². The number of aromatic nitrogens is 1. The number of fused-ring (bicyclic) bond motifs is 3. The third-order valence-electron chi connectivity index (χ3n) is 10.2. The van der Waals surface area contributed by atoms with Gasteiger partial charge in [0.05, 0.1) is 17.5 Å². The number of amides is 3. The monoisotopic (exact) mass is 672 g/mol. The molecule has 2 aromatic carbocycles. The highest BCUT2D eigenvalue weighted by Gasteiger charge is 2.47. The van der Waals surface area contributed by atoms with E-state index in [1.54, 1.807) is 26.0 Å². The first kappa shape index (κ1) is 36.6. The summed E-state index contributed by atoms with van der Waals surface area (Å²) in [7, 11) is 1.46. The van der Waals surface area contributed by atoms with Crippen molar-refractivity contribution in [2.75, 3.05) is 7.05 Å². The number of para-hydroxylation sites is 1. The summed E-state index contributed by atoms with van der Waals surface area (Å²) in [6.07, 6.45) is -4.06. The fraction of sp³-hybridized carbons (Fsp3) is 0.500. The molecule has 3 amide bonds. The van der Waals surface area contributed by atoms with Crippen LogP contribution in [0.25, 0.3) is 10.9 Å². The number of carbonyl (C=O) groups excluding carboxylic acids is 4. The Bertz CT molecular complexity index is 1690. The normalized spacial score (nSPS) is 18.8. The van der Waals surface area contributed by atoms with Crippen LogP contribution in [0.1, 0.15) is 75.8 Å². The standard InChI is InChI=1S/C36H44F4N4O4/c1-6-20(3)24(33(41)47)18-29(45)35(16-15-28-25(19-35)23-12-10-13-26(31(23)42-28)36(38,39)40)43-34(48)32(21(4)7-2)44(5)30(46)17-22-11-8-9-14-27(22)37/h8-14,20-21,24,32,42H,6-7,15-19H2,1-5H3,(H2,41,47)(H,43,48)/t20?,21?,24-,32-,35+/m0/s1. The summed E-state index contributed by atoms with van der Waals surface area (Å²) in [6.45, 7) is 7.31. The van der Waals surface area contributed by atoms with Crippen LogP contribution >= 0.6 is 0 Å². The van der Waals surface area contributed by atoms with Crippen molar-refractivity contribution in [3.05, 3.63) is 70.7 Å². The van der Waals surface area contributed by atoms with Crippen molar-refractivity contribution in [2.45, 2.75) is 90.4 Å². The molecule has 0 bridgehead atoms. The lowest BCUT2D eigenvalue weighted by molar-refractivity contribution is -0.143. The average Bonchev–Trinajstić information content (AvgIpc) is 3.41. The molecule has 1 aliphatic carbocycles. The first-order valence-corrected chi connectivity index (χ1v) is 16.4. The first-order valence-electron chi connectivity index (χ1n) is 16.4. The lowest BCUT2D eigenvalue weighted by Crippen LogP contribution is -2.63. The van der Waals surface area contributed by atoms with Gasteiger partial charge in [0.15, 0.2) is 5.78 Å². The second kappa shape index (κ2) is 14.5. The molecule has 260 valence electrons. The molecule has 8 nitrogen and oxygen atoms in total. The number of hydrogen-bond acceptors (Lipinski definition) is 4. The van der Waals surface area contributed by atoms with E-state index in [9.17, 15) is 36.7 Å². The molecule has 4 rings (SSSR count). The number of alkyl halides is 3. The van der Waals surface area contributed by atoms with E-state index in [2.05, 4.69) is 10.3 Å². The number of rotatable bonds is 13. The molecule has 1 aliphatic rings. The number of carbonyl (C=O) groups is 4. The van der Waals surface area contributed by atoms with E-state index in [1.807, 2.05) is 13.8 Å². The maximum Gasteiger partial charge on any atom is 0.418 e. The van der Waals surface area contributed by atoms with Gasteiger partial charge in [-0.05, 0) is 47.9 Å². The van der Waals surface area contributed by atoms with Crippen molar-refractivity contribution in [3.8, 4) is 0 Å². The molecule has 0 spiro atoms. The summed E-state index contributed by atoms with van der Waals surface area (Å²) in [5, 5.41) is 3.24. The Morgan fingerprint density at radius 2 is 1.69 bits per heavy atom. The van der Waals surface area contributed by atoms with Gasteiger partial charge in [0.1, 0.15) is 17.4 Å². The summed E-state index contributed by atoms with van der Waals surface area (Å²) < 4.78 is 56.2. The molecule has 5 atom stereocenters. The van der Waals surface area contributed by atoms with Crippen LogP contribution in [0.2, 0.25) is 0 Å². The Morgan fingerprint density at radius 3 is 2.29 bits per heavy atom. The van der Waals surface area contributed by atoms with Crippen molar-refractivity contribution in [2.24, 2.45) is 23.5 Å². The van der Waals surface area contributed by atoms with Crippen molar-refractivity contribution in [1.29, 1.82) is 0 Å². The van der Waals surface area contributed by atoms with Gasteiger partial charge in [0, 0.05) is 36.9 Å². The molecular weight excluding hydrogens is 628 g/mol. The largest absolute Gasteiger partial charge is 0.418 e. The summed E-state index contributed by atoms with van der Waals surface area (Å²) >= 11 is 0. The number of ketones is 1. The Labute approximate surface area is 277 Å². The maximum atomic E-state index is 14.4. The van der Waals surface area contributed by atoms with E-state index in [-0.39, 0.29) is 60.4 Å². The summed E-state index contributed by atoms with van der Waals surface area (Å²) in [5.74, 6) is -4.25. The molecule has 3 aromatic rings. The fourth-order valence-corrected chi connectivity index (χ4v) is 6.82. The van der Waals surface area contributed by atoms with Gasteiger partial charge in [-0.15, -0.1) is 0 Å².